The molecule has 1 atom stereocenters. The fraction of sp³-hybridized carbons (Fsp3) is 1.00. The minimum absolute atomic E-state index is 0.380. The molecule has 4 heteroatoms. The van der Waals surface area contributed by atoms with Crippen LogP contribution in [0.3, 0.4) is 0 Å². The van der Waals surface area contributed by atoms with Crippen LogP contribution in [0.4, 0.5) is 0 Å². The van der Waals surface area contributed by atoms with E-state index in [4.69, 9.17) is 4.74 Å². The van der Waals surface area contributed by atoms with Crippen molar-refractivity contribution in [3.05, 3.63) is 0 Å². The first-order valence-electron chi connectivity index (χ1n) is 7.90. The van der Waals surface area contributed by atoms with Crippen molar-refractivity contribution < 1.29 is 4.74 Å². The number of morpholine rings is 1. The standard InChI is InChI=1S/C15H30N2OS/c1-3-19-12-14(2)16-15(6-4-5-7-15)13-17-8-10-18-11-9-17/h14,16H,3-13H2,1-2H3. The number of hydrogen-bond acceptors (Lipinski definition) is 4. The van der Waals surface area contributed by atoms with Gasteiger partial charge in [0.2, 0.25) is 0 Å². The Balaban J connectivity index is 1.85. The summed E-state index contributed by atoms with van der Waals surface area (Å²) in [5.74, 6) is 2.46. The highest BCUT2D eigenvalue weighted by Crippen LogP contribution is 2.31. The number of nitrogens with zero attached hydrogens (tertiary/aromatic N) is 1. The molecule has 112 valence electrons. The topological polar surface area (TPSA) is 24.5 Å². The summed E-state index contributed by atoms with van der Waals surface area (Å²) in [4.78, 5) is 2.60. The highest BCUT2D eigenvalue weighted by atomic mass is 32.2. The Labute approximate surface area is 122 Å². The SMILES string of the molecule is CCSCC(C)NC1(CN2CCOCC2)CCCC1. The van der Waals surface area contributed by atoms with Crippen LogP contribution in [0.1, 0.15) is 39.5 Å². The number of ether oxygens (including phenoxy) is 1. The third-order valence-corrected chi connectivity index (χ3v) is 5.46. The van der Waals surface area contributed by atoms with Crippen molar-refractivity contribution in [1.82, 2.24) is 10.2 Å². The summed E-state index contributed by atoms with van der Waals surface area (Å²) in [5, 5.41) is 3.97. The van der Waals surface area contributed by atoms with E-state index in [1.165, 1.54) is 43.7 Å². The van der Waals surface area contributed by atoms with Crippen LogP contribution in [-0.4, -0.2) is 60.8 Å². The highest BCUT2D eigenvalue weighted by Gasteiger charge is 2.36. The van der Waals surface area contributed by atoms with Gasteiger partial charge >= 0.3 is 0 Å². The highest BCUT2D eigenvalue weighted by molar-refractivity contribution is 7.99. The zero-order valence-electron chi connectivity index (χ0n) is 12.6. The molecule has 0 bridgehead atoms. The second-order valence-electron chi connectivity index (χ2n) is 6.08. The Bertz CT molecular complexity index is 251. The first-order chi connectivity index (χ1) is 9.24. The quantitative estimate of drug-likeness (QED) is 0.776. The average Bonchev–Trinajstić information content (AvgIpc) is 2.85. The van der Waals surface area contributed by atoms with E-state index in [1.807, 2.05) is 11.8 Å². The molecule has 0 amide bonds. The number of nitrogens with one attached hydrogen (secondary N) is 1. The molecule has 1 N–H and O–H groups in total. The molecule has 0 radical (unpaired) electrons. The van der Waals surface area contributed by atoms with E-state index in [-0.39, 0.29) is 0 Å². The van der Waals surface area contributed by atoms with E-state index in [0.717, 1.165) is 26.3 Å². The number of rotatable bonds is 7. The first-order valence-corrected chi connectivity index (χ1v) is 9.05. The number of thioether (sulfide) groups is 1. The van der Waals surface area contributed by atoms with E-state index >= 15 is 0 Å². The van der Waals surface area contributed by atoms with Gasteiger partial charge in [0.1, 0.15) is 0 Å². The van der Waals surface area contributed by atoms with E-state index in [9.17, 15) is 0 Å². The van der Waals surface area contributed by atoms with Gasteiger partial charge in [0.25, 0.3) is 0 Å². The van der Waals surface area contributed by atoms with Gasteiger partial charge in [-0.25, -0.2) is 0 Å². The molecule has 2 rings (SSSR count). The molecule has 1 heterocycles. The largest absolute Gasteiger partial charge is 0.379 e. The maximum absolute atomic E-state index is 5.47. The van der Waals surface area contributed by atoms with Crippen molar-refractivity contribution in [2.45, 2.75) is 51.1 Å². The Kier molecular flexibility index (Phi) is 6.46. The predicted molar refractivity (Wildman–Crippen MR) is 84.1 cm³/mol. The fourth-order valence-electron chi connectivity index (χ4n) is 3.45. The van der Waals surface area contributed by atoms with Crippen LogP contribution in [0.2, 0.25) is 0 Å². The summed E-state index contributed by atoms with van der Waals surface area (Å²) in [5.41, 5.74) is 0.380. The molecule has 0 aromatic carbocycles. The fourth-order valence-corrected chi connectivity index (χ4v) is 4.12. The lowest BCUT2D eigenvalue weighted by Gasteiger charge is -2.39. The number of hydrogen-bond donors (Lipinski definition) is 1. The van der Waals surface area contributed by atoms with Gasteiger partial charge in [-0.2, -0.15) is 11.8 Å². The van der Waals surface area contributed by atoms with Gasteiger partial charge in [0.15, 0.2) is 0 Å². The van der Waals surface area contributed by atoms with E-state index < -0.39 is 0 Å². The molecule has 1 aliphatic carbocycles. The Morgan fingerprint density at radius 2 is 1.95 bits per heavy atom. The van der Waals surface area contributed by atoms with Crippen molar-refractivity contribution in [2.75, 3.05) is 44.4 Å². The zero-order valence-corrected chi connectivity index (χ0v) is 13.4. The van der Waals surface area contributed by atoms with Crippen LogP contribution in [0.15, 0.2) is 0 Å². The molecule has 0 spiro atoms. The lowest BCUT2D eigenvalue weighted by Crippen LogP contribution is -2.56. The van der Waals surface area contributed by atoms with Gasteiger partial charge in [-0.05, 0) is 25.5 Å². The van der Waals surface area contributed by atoms with Crippen LogP contribution in [0.25, 0.3) is 0 Å². The third-order valence-electron chi connectivity index (χ3n) is 4.32. The van der Waals surface area contributed by atoms with Crippen molar-refractivity contribution in [1.29, 1.82) is 0 Å². The molecule has 1 aliphatic heterocycles. The molecule has 19 heavy (non-hydrogen) atoms. The maximum atomic E-state index is 5.47. The summed E-state index contributed by atoms with van der Waals surface area (Å²) in [7, 11) is 0. The molecule has 0 aromatic heterocycles. The van der Waals surface area contributed by atoms with Crippen LogP contribution in [0.5, 0.6) is 0 Å². The molecule has 2 aliphatic rings. The van der Waals surface area contributed by atoms with Gasteiger partial charge in [-0.3, -0.25) is 4.90 Å². The lowest BCUT2D eigenvalue weighted by molar-refractivity contribution is 0.0230. The second kappa shape index (κ2) is 7.87. The van der Waals surface area contributed by atoms with Crippen LogP contribution in [-0.2, 0) is 4.74 Å². The summed E-state index contributed by atoms with van der Waals surface area (Å²) < 4.78 is 5.47. The van der Waals surface area contributed by atoms with Gasteiger partial charge in [0.05, 0.1) is 13.2 Å². The van der Waals surface area contributed by atoms with Gasteiger partial charge in [0, 0.05) is 37.0 Å². The van der Waals surface area contributed by atoms with Crippen molar-refractivity contribution >= 4 is 11.8 Å². The van der Waals surface area contributed by atoms with Crippen LogP contribution >= 0.6 is 11.8 Å². The predicted octanol–water partition coefficient (Wildman–Crippen LogP) is 2.36. The van der Waals surface area contributed by atoms with Gasteiger partial charge < -0.3 is 10.1 Å². The molecular formula is C15H30N2OS. The normalized spacial score (nSPS) is 25.6. The van der Waals surface area contributed by atoms with Crippen molar-refractivity contribution in [3.8, 4) is 0 Å². The summed E-state index contributed by atoms with van der Waals surface area (Å²) in [6, 6.07) is 0.629. The molecule has 1 unspecified atom stereocenters. The summed E-state index contributed by atoms with van der Waals surface area (Å²) in [6.07, 6.45) is 5.49. The molecule has 1 saturated carbocycles. The lowest BCUT2D eigenvalue weighted by atomic mass is 9.95. The minimum atomic E-state index is 0.380. The van der Waals surface area contributed by atoms with Crippen LogP contribution in [0, 0.1) is 0 Å². The van der Waals surface area contributed by atoms with Gasteiger partial charge in [-0.15, -0.1) is 0 Å². The molecule has 1 saturated heterocycles. The van der Waals surface area contributed by atoms with Gasteiger partial charge in [-0.1, -0.05) is 19.8 Å². The minimum Gasteiger partial charge on any atom is -0.379 e. The first kappa shape index (κ1) is 15.6. The Morgan fingerprint density at radius 3 is 2.58 bits per heavy atom. The Hall–Kier alpha value is 0.230. The summed E-state index contributed by atoms with van der Waals surface area (Å²) in [6.45, 7) is 9.87. The maximum Gasteiger partial charge on any atom is 0.0594 e. The summed E-state index contributed by atoms with van der Waals surface area (Å²) >= 11 is 2.05. The molecule has 2 fully saturated rings. The van der Waals surface area contributed by atoms with E-state index in [2.05, 4.69) is 24.1 Å². The second-order valence-corrected chi connectivity index (χ2v) is 7.40. The zero-order chi connectivity index (χ0) is 13.6. The monoisotopic (exact) mass is 286 g/mol. The average molecular weight is 286 g/mol. The molecule has 3 nitrogen and oxygen atoms in total. The smallest absolute Gasteiger partial charge is 0.0594 e. The molecular weight excluding hydrogens is 256 g/mol. The van der Waals surface area contributed by atoms with Crippen LogP contribution < -0.4 is 5.32 Å². The van der Waals surface area contributed by atoms with E-state index in [1.54, 1.807) is 0 Å². The third kappa shape index (κ3) is 4.92. The van der Waals surface area contributed by atoms with Crippen molar-refractivity contribution in [2.24, 2.45) is 0 Å². The van der Waals surface area contributed by atoms with Crippen molar-refractivity contribution in [3.63, 3.8) is 0 Å². The Morgan fingerprint density at radius 1 is 1.26 bits per heavy atom. The molecule has 0 aromatic rings. The van der Waals surface area contributed by atoms with E-state index in [0.29, 0.717) is 11.6 Å².